The number of carbonyl (C=O) groups excluding carboxylic acids is 1. The van der Waals surface area contributed by atoms with Crippen LogP contribution in [0.4, 0.5) is 0 Å². The number of nitrogens with one attached hydrogen (secondary N) is 1. The second kappa shape index (κ2) is 8.71. The summed E-state index contributed by atoms with van der Waals surface area (Å²) in [6.45, 7) is 0.466. The monoisotopic (exact) mass is 382 g/mol. The summed E-state index contributed by atoms with van der Waals surface area (Å²) in [5, 5.41) is 16.6. The highest BCUT2D eigenvalue weighted by atomic mass is 16.2. The van der Waals surface area contributed by atoms with Crippen LogP contribution < -0.4 is 5.43 Å². The van der Waals surface area contributed by atoms with Crippen molar-refractivity contribution in [2.24, 2.45) is 5.10 Å². The van der Waals surface area contributed by atoms with Crippen LogP contribution in [-0.2, 0) is 6.54 Å². The van der Waals surface area contributed by atoms with Gasteiger partial charge in [0.05, 0.1) is 12.8 Å². The molecule has 3 aromatic carbocycles. The molecule has 1 aromatic heterocycles. The molecule has 0 saturated heterocycles. The minimum absolute atomic E-state index is 0.269. The molecule has 4 rings (SSSR count). The zero-order valence-electron chi connectivity index (χ0n) is 15.5. The number of hydrogen-bond donors (Lipinski definition) is 1. The average Bonchev–Trinajstić information content (AvgIpc) is 3.24. The Balaban J connectivity index is 1.36. The third kappa shape index (κ3) is 4.78. The maximum absolute atomic E-state index is 12.2. The number of nitrogens with zero attached hydrogens (tertiary/aromatic N) is 5. The highest BCUT2D eigenvalue weighted by Gasteiger charge is 2.07. The molecule has 0 spiro atoms. The predicted octanol–water partition coefficient (Wildman–Crippen LogP) is 3.15. The van der Waals surface area contributed by atoms with Crippen molar-refractivity contribution in [2.75, 3.05) is 0 Å². The molecule has 29 heavy (non-hydrogen) atoms. The molecule has 7 nitrogen and oxygen atoms in total. The second-order valence-electron chi connectivity index (χ2n) is 6.32. The smallest absolute Gasteiger partial charge is 0.267 e. The number of hydrogen-bond acceptors (Lipinski definition) is 5. The van der Waals surface area contributed by atoms with Gasteiger partial charge in [-0.1, -0.05) is 72.8 Å². The van der Waals surface area contributed by atoms with E-state index in [1.54, 1.807) is 18.3 Å². The van der Waals surface area contributed by atoms with Crippen molar-refractivity contribution in [1.29, 1.82) is 0 Å². The van der Waals surface area contributed by atoms with Gasteiger partial charge in [0.2, 0.25) is 5.82 Å². The van der Waals surface area contributed by atoms with Gasteiger partial charge in [-0.25, -0.2) is 5.43 Å². The van der Waals surface area contributed by atoms with E-state index < -0.39 is 0 Å². The quantitative estimate of drug-likeness (QED) is 0.410. The Labute approximate surface area is 167 Å². The van der Waals surface area contributed by atoms with Gasteiger partial charge in [0.25, 0.3) is 5.91 Å². The van der Waals surface area contributed by atoms with E-state index in [9.17, 15) is 4.79 Å². The molecular formula is C22H18N6O. The molecule has 0 radical (unpaired) electrons. The van der Waals surface area contributed by atoms with E-state index in [0.29, 0.717) is 17.9 Å². The Morgan fingerprint density at radius 3 is 2.34 bits per heavy atom. The molecule has 1 N–H and O–H groups in total. The molecule has 0 aliphatic carbocycles. The fourth-order valence-electron chi connectivity index (χ4n) is 2.71. The average molecular weight is 382 g/mol. The Morgan fingerprint density at radius 2 is 1.62 bits per heavy atom. The topological polar surface area (TPSA) is 85.1 Å². The van der Waals surface area contributed by atoms with Crippen molar-refractivity contribution in [1.82, 2.24) is 25.6 Å². The molecule has 0 unspecified atom stereocenters. The molecule has 0 fully saturated rings. The Hall–Kier alpha value is -4.13. The van der Waals surface area contributed by atoms with Crippen molar-refractivity contribution in [3.05, 3.63) is 102 Å². The van der Waals surface area contributed by atoms with Gasteiger partial charge in [0, 0.05) is 11.1 Å². The van der Waals surface area contributed by atoms with Crippen LogP contribution in [0.2, 0.25) is 0 Å². The normalized spacial score (nSPS) is 10.9. The van der Waals surface area contributed by atoms with E-state index in [0.717, 1.165) is 16.7 Å². The molecule has 0 saturated carbocycles. The Kier molecular flexibility index (Phi) is 5.48. The van der Waals surface area contributed by atoms with Crippen molar-refractivity contribution in [3.8, 4) is 11.4 Å². The lowest BCUT2D eigenvalue weighted by atomic mass is 10.1. The zero-order chi connectivity index (χ0) is 19.9. The second-order valence-corrected chi connectivity index (χ2v) is 6.32. The summed E-state index contributed by atoms with van der Waals surface area (Å²) < 4.78 is 0. The first-order valence-electron chi connectivity index (χ1n) is 9.08. The van der Waals surface area contributed by atoms with Gasteiger partial charge in [-0.3, -0.25) is 4.79 Å². The van der Waals surface area contributed by atoms with Gasteiger partial charge in [0.15, 0.2) is 0 Å². The van der Waals surface area contributed by atoms with E-state index >= 15 is 0 Å². The molecule has 1 heterocycles. The lowest BCUT2D eigenvalue weighted by Crippen LogP contribution is -2.17. The summed E-state index contributed by atoms with van der Waals surface area (Å²) in [4.78, 5) is 13.7. The molecule has 0 atom stereocenters. The molecule has 4 aromatic rings. The summed E-state index contributed by atoms with van der Waals surface area (Å²) >= 11 is 0. The third-order valence-electron chi connectivity index (χ3n) is 4.20. The first-order chi connectivity index (χ1) is 14.3. The number of aromatic nitrogens is 4. The molecule has 1 amide bonds. The van der Waals surface area contributed by atoms with Crippen molar-refractivity contribution < 1.29 is 4.79 Å². The predicted molar refractivity (Wildman–Crippen MR) is 110 cm³/mol. The third-order valence-corrected chi connectivity index (χ3v) is 4.20. The van der Waals surface area contributed by atoms with Crippen molar-refractivity contribution >= 4 is 12.1 Å². The summed E-state index contributed by atoms with van der Waals surface area (Å²) in [6.07, 6.45) is 1.60. The maximum atomic E-state index is 12.2. The van der Waals surface area contributed by atoms with Crippen LogP contribution in [0.1, 0.15) is 21.5 Å². The van der Waals surface area contributed by atoms with Crippen LogP contribution in [0.5, 0.6) is 0 Å². The van der Waals surface area contributed by atoms with Gasteiger partial charge < -0.3 is 0 Å². The van der Waals surface area contributed by atoms with Crippen LogP contribution in [0.3, 0.4) is 0 Å². The molecule has 0 bridgehead atoms. The summed E-state index contributed by atoms with van der Waals surface area (Å²) in [5.74, 6) is 0.312. The van der Waals surface area contributed by atoms with Gasteiger partial charge in [-0.15, -0.1) is 10.2 Å². The van der Waals surface area contributed by atoms with E-state index in [2.05, 4.69) is 25.9 Å². The number of carbonyl (C=O) groups is 1. The zero-order valence-corrected chi connectivity index (χ0v) is 15.5. The molecule has 0 aliphatic rings. The maximum Gasteiger partial charge on any atom is 0.271 e. The molecule has 7 heteroatoms. The summed E-state index contributed by atoms with van der Waals surface area (Å²) in [7, 11) is 0. The van der Waals surface area contributed by atoms with Crippen molar-refractivity contribution in [2.45, 2.75) is 6.54 Å². The van der Waals surface area contributed by atoms with Crippen LogP contribution >= 0.6 is 0 Å². The highest BCUT2D eigenvalue weighted by molar-refractivity contribution is 5.94. The number of benzene rings is 3. The lowest BCUT2D eigenvalue weighted by Gasteiger charge is -2.03. The number of amides is 1. The minimum Gasteiger partial charge on any atom is -0.267 e. The Morgan fingerprint density at radius 1 is 0.931 bits per heavy atom. The lowest BCUT2D eigenvalue weighted by molar-refractivity contribution is 0.0955. The fourth-order valence-corrected chi connectivity index (χ4v) is 2.71. The van der Waals surface area contributed by atoms with Crippen LogP contribution in [0.15, 0.2) is 90.0 Å². The van der Waals surface area contributed by atoms with Crippen LogP contribution in [0, 0.1) is 0 Å². The Bertz CT molecular complexity index is 1110. The van der Waals surface area contributed by atoms with E-state index in [1.165, 1.54) is 4.80 Å². The van der Waals surface area contributed by atoms with E-state index in [1.807, 2.05) is 72.8 Å². The summed E-state index contributed by atoms with van der Waals surface area (Å²) in [5.41, 5.74) is 5.85. The minimum atomic E-state index is -0.269. The van der Waals surface area contributed by atoms with Gasteiger partial charge in [-0.05, 0) is 28.5 Å². The summed E-state index contributed by atoms with van der Waals surface area (Å²) in [6, 6.07) is 26.5. The van der Waals surface area contributed by atoms with E-state index in [-0.39, 0.29) is 5.91 Å². The van der Waals surface area contributed by atoms with E-state index in [4.69, 9.17) is 0 Å². The van der Waals surface area contributed by atoms with Crippen LogP contribution in [-0.4, -0.2) is 32.3 Å². The van der Waals surface area contributed by atoms with Gasteiger partial charge in [-0.2, -0.15) is 9.90 Å². The van der Waals surface area contributed by atoms with Crippen LogP contribution in [0.25, 0.3) is 11.4 Å². The first kappa shape index (κ1) is 18.2. The highest BCUT2D eigenvalue weighted by Crippen LogP contribution is 2.12. The number of rotatable bonds is 6. The largest absolute Gasteiger partial charge is 0.271 e. The van der Waals surface area contributed by atoms with Gasteiger partial charge in [0.1, 0.15) is 0 Å². The standard InChI is InChI=1S/C22H18N6O/c29-22(25-23-15-17-7-3-1-4-8-17)20-13-11-18(12-14-20)16-28-26-21(24-27-28)19-9-5-2-6-10-19/h1-15H,16H2,(H,25,29)/b23-15+. The number of hydrazone groups is 1. The number of tetrazole rings is 1. The molecule has 142 valence electrons. The SMILES string of the molecule is O=C(N/N=C/c1ccccc1)c1ccc(Cn2nnc(-c3ccccc3)n2)cc1. The first-order valence-corrected chi connectivity index (χ1v) is 9.08. The molecule has 0 aliphatic heterocycles. The fraction of sp³-hybridized carbons (Fsp3) is 0.0455. The van der Waals surface area contributed by atoms with Gasteiger partial charge >= 0.3 is 0 Å². The molecular weight excluding hydrogens is 364 g/mol. The van der Waals surface area contributed by atoms with Crippen molar-refractivity contribution in [3.63, 3.8) is 0 Å².